The molecule has 8 nitrogen and oxygen atoms in total. The molecule has 3 aromatic rings. The summed E-state index contributed by atoms with van der Waals surface area (Å²) in [6.45, 7) is 5.62. The highest BCUT2D eigenvalue weighted by molar-refractivity contribution is 9.10. The number of ether oxygens (including phenoxy) is 1. The largest absolute Gasteiger partial charge is 0.492 e. The fourth-order valence-electron chi connectivity index (χ4n) is 4.36. The number of halogens is 1. The van der Waals surface area contributed by atoms with Gasteiger partial charge in [-0.25, -0.2) is 8.42 Å². The second kappa shape index (κ2) is 15.0. The van der Waals surface area contributed by atoms with Crippen molar-refractivity contribution in [1.29, 1.82) is 0 Å². The number of rotatable bonds is 14. The zero-order chi connectivity index (χ0) is 30.0. The first-order chi connectivity index (χ1) is 19.5. The molecule has 10 heteroatoms. The van der Waals surface area contributed by atoms with E-state index in [1.165, 1.54) is 4.90 Å². The van der Waals surface area contributed by atoms with Gasteiger partial charge in [-0.2, -0.15) is 0 Å². The van der Waals surface area contributed by atoms with Gasteiger partial charge in [-0.15, -0.1) is 0 Å². The lowest BCUT2D eigenvalue weighted by Crippen LogP contribution is -2.54. The average Bonchev–Trinajstić information content (AvgIpc) is 2.94. The molecule has 0 heterocycles. The van der Waals surface area contributed by atoms with E-state index in [9.17, 15) is 18.0 Å². The Hall–Kier alpha value is -3.37. The van der Waals surface area contributed by atoms with Crippen LogP contribution >= 0.6 is 15.9 Å². The normalized spacial score (nSPS) is 12.7. The summed E-state index contributed by atoms with van der Waals surface area (Å²) in [5, 5.41) is 3.03. The second-order valence-electron chi connectivity index (χ2n) is 9.85. The van der Waals surface area contributed by atoms with Gasteiger partial charge in [0.05, 0.1) is 18.6 Å². The summed E-state index contributed by atoms with van der Waals surface area (Å²) < 4.78 is 33.6. The fourth-order valence-corrected chi connectivity index (χ4v) is 5.66. The van der Waals surface area contributed by atoms with E-state index in [0.717, 1.165) is 32.6 Å². The first-order valence-corrected chi connectivity index (χ1v) is 16.2. The molecule has 0 radical (unpaired) electrons. The maximum absolute atomic E-state index is 14.2. The van der Waals surface area contributed by atoms with E-state index < -0.39 is 28.5 Å². The van der Waals surface area contributed by atoms with Crippen molar-refractivity contribution in [2.24, 2.45) is 0 Å². The number of nitrogens with zero attached hydrogens (tertiary/aromatic N) is 2. The Morgan fingerprint density at radius 1 is 0.951 bits per heavy atom. The zero-order valence-corrected chi connectivity index (χ0v) is 26.3. The highest BCUT2D eigenvalue weighted by Gasteiger charge is 2.34. The van der Waals surface area contributed by atoms with Crippen LogP contribution in [-0.4, -0.2) is 56.6 Å². The molecule has 0 aromatic heterocycles. The van der Waals surface area contributed by atoms with E-state index in [2.05, 4.69) is 21.2 Å². The topological polar surface area (TPSA) is 96.0 Å². The highest BCUT2D eigenvalue weighted by atomic mass is 79.9. The predicted octanol–water partition coefficient (Wildman–Crippen LogP) is 5.17. The van der Waals surface area contributed by atoms with Crippen molar-refractivity contribution in [3.8, 4) is 5.75 Å². The van der Waals surface area contributed by atoms with Crippen molar-refractivity contribution >= 4 is 43.5 Å². The Balaban J connectivity index is 2.09. The van der Waals surface area contributed by atoms with E-state index in [-0.39, 0.29) is 30.6 Å². The summed E-state index contributed by atoms with van der Waals surface area (Å²) in [5.74, 6) is -0.462. The third-order valence-electron chi connectivity index (χ3n) is 6.63. The van der Waals surface area contributed by atoms with E-state index in [4.69, 9.17) is 4.74 Å². The number of anilines is 1. The first kappa shape index (κ1) is 32.1. The number of hydrogen-bond donors (Lipinski definition) is 1. The van der Waals surface area contributed by atoms with Gasteiger partial charge in [-0.05, 0) is 55.7 Å². The SMILES string of the molecule is CCOc1ccccc1N(CC(=O)N(Cc1cccc(Br)c1)[C@H](Cc1ccccc1)C(=O)N[C@H](C)CC)S(C)(=O)=O. The van der Waals surface area contributed by atoms with Crippen LogP contribution in [0, 0.1) is 0 Å². The number of amides is 2. The minimum Gasteiger partial charge on any atom is -0.492 e. The predicted molar refractivity (Wildman–Crippen MR) is 166 cm³/mol. The van der Waals surface area contributed by atoms with Gasteiger partial charge < -0.3 is 15.0 Å². The molecule has 0 unspecified atom stereocenters. The average molecular weight is 645 g/mol. The van der Waals surface area contributed by atoms with Crippen LogP contribution in [0.25, 0.3) is 0 Å². The molecule has 0 spiro atoms. The van der Waals surface area contributed by atoms with Crippen molar-refractivity contribution in [2.45, 2.75) is 52.2 Å². The third kappa shape index (κ3) is 9.33. The number of carbonyl (C=O) groups excluding carboxylic acids is 2. The summed E-state index contributed by atoms with van der Waals surface area (Å²) in [5.41, 5.74) is 1.93. The lowest BCUT2D eigenvalue weighted by Gasteiger charge is -2.34. The molecular formula is C31H38BrN3O5S. The molecule has 0 aliphatic carbocycles. The van der Waals surface area contributed by atoms with E-state index in [0.29, 0.717) is 12.4 Å². The van der Waals surface area contributed by atoms with Gasteiger partial charge in [0.25, 0.3) is 0 Å². The van der Waals surface area contributed by atoms with Gasteiger partial charge in [0.15, 0.2) is 0 Å². The van der Waals surface area contributed by atoms with Crippen molar-refractivity contribution in [3.05, 3.63) is 94.5 Å². The van der Waals surface area contributed by atoms with Gasteiger partial charge in [-0.3, -0.25) is 13.9 Å². The Morgan fingerprint density at radius 2 is 1.61 bits per heavy atom. The van der Waals surface area contributed by atoms with Crippen molar-refractivity contribution in [1.82, 2.24) is 10.2 Å². The minimum absolute atomic E-state index is 0.103. The van der Waals surface area contributed by atoms with Gasteiger partial charge in [0, 0.05) is 23.5 Å². The summed E-state index contributed by atoms with van der Waals surface area (Å²) in [6, 6.07) is 22.7. The van der Waals surface area contributed by atoms with E-state index >= 15 is 0 Å². The third-order valence-corrected chi connectivity index (χ3v) is 8.25. The van der Waals surface area contributed by atoms with Crippen LogP contribution in [0.4, 0.5) is 5.69 Å². The summed E-state index contributed by atoms with van der Waals surface area (Å²) >= 11 is 3.49. The maximum Gasteiger partial charge on any atom is 0.244 e. The van der Waals surface area contributed by atoms with E-state index in [1.54, 1.807) is 31.2 Å². The molecule has 0 fully saturated rings. The molecule has 220 valence electrons. The number of nitrogens with one attached hydrogen (secondary N) is 1. The lowest BCUT2D eigenvalue weighted by molar-refractivity contribution is -0.140. The van der Waals surface area contributed by atoms with Crippen molar-refractivity contribution < 1.29 is 22.7 Å². The summed E-state index contributed by atoms with van der Waals surface area (Å²) in [7, 11) is -3.90. The zero-order valence-electron chi connectivity index (χ0n) is 23.9. The van der Waals surface area contributed by atoms with E-state index in [1.807, 2.05) is 68.4 Å². The molecule has 0 aliphatic rings. The van der Waals surface area contributed by atoms with Gasteiger partial charge >= 0.3 is 0 Å². The number of carbonyl (C=O) groups is 2. The van der Waals surface area contributed by atoms with Crippen molar-refractivity contribution in [3.63, 3.8) is 0 Å². The van der Waals surface area contributed by atoms with Crippen LogP contribution < -0.4 is 14.4 Å². The van der Waals surface area contributed by atoms with Crippen molar-refractivity contribution in [2.75, 3.05) is 23.7 Å². The highest BCUT2D eigenvalue weighted by Crippen LogP contribution is 2.30. The minimum atomic E-state index is -3.90. The van der Waals surface area contributed by atoms with Crippen LogP contribution in [0.5, 0.6) is 5.75 Å². The number of benzene rings is 3. The molecule has 2 atom stereocenters. The Morgan fingerprint density at radius 3 is 2.24 bits per heavy atom. The smallest absolute Gasteiger partial charge is 0.244 e. The number of sulfonamides is 1. The molecular weight excluding hydrogens is 606 g/mol. The molecule has 41 heavy (non-hydrogen) atoms. The molecule has 0 saturated heterocycles. The molecule has 0 aliphatic heterocycles. The first-order valence-electron chi connectivity index (χ1n) is 13.6. The maximum atomic E-state index is 14.2. The molecule has 0 bridgehead atoms. The monoisotopic (exact) mass is 643 g/mol. The standard InChI is InChI=1S/C31H38BrN3O5S/c1-5-23(3)33-31(37)28(20-24-13-8-7-9-14-24)34(21-25-15-12-16-26(32)19-25)30(36)22-35(41(4,38)39)27-17-10-11-18-29(27)40-6-2/h7-19,23,28H,5-6,20-22H2,1-4H3,(H,33,37)/t23-,28-/m1/s1. The van der Waals surface area contributed by atoms with Crippen LogP contribution in [0.2, 0.25) is 0 Å². The van der Waals surface area contributed by atoms with Crippen LogP contribution in [0.15, 0.2) is 83.3 Å². The van der Waals surface area contributed by atoms with Crippen LogP contribution in [0.3, 0.4) is 0 Å². The fraction of sp³-hybridized carbons (Fsp3) is 0.355. The Bertz CT molecular complexity index is 1420. The summed E-state index contributed by atoms with van der Waals surface area (Å²) in [4.78, 5) is 29.4. The van der Waals surface area contributed by atoms with Crippen LogP contribution in [0.1, 0.15) is 38.3 Å². The van der Waals surface area contributed by atoms with Crippen LogP contribution in [-0.2, 0) is 32.6 Å². The Kier molecular flexibility index (Phi) is 11.8. The van der Waals surface area contributed by atoms with Gasteiger partial charge in [0.1, 0.15) is 18.3 Å². The summed E-state index contributed by atoms with van der Waals surface area (Å²) in [6.07, 6.45) is 2.04. The number of hydrogen-bond acceptors (Lipinski definition) is 5. The molecule has 2 amide bonds. The van der Waals surface area contributed by atoms with Gasteiger partial charge in [0.2, 0.25) is 21.8 Å². The second-order valence-corrected chi connectivity index (χ2v) is 12.7. The molecule has 0 saturated carbocycles. The number of para-hydroxylation sites is 2. The van der Waals surface area contributed by atoms with Gasteiger partial charge in [-0.1, -0.05) is 77.5 Å². The molecule has 3 rings (SSSR count). The lowest BCUT2D eigenvalue weighted by atomic mass is 10.0. The molecule has 1 N–H and O–H groups in total. The Labute approximate surface area is 251 Å². The molecule has 3 aromatic carbocycles. The quantitative estimate of drug-likeness (QED) is 0.262.